The average molecular weight is 424 g/mol. The quantitative estimate of drug-likeness (QED) is 0.732. The van der Waals surface area contributed by atoms with Gasteiger partial charge in [-0.1, -0.05) is 12.1 Å². The van der Waals surface area contributed by atoms with E-state index in [2.05, 4.69) is 16.0 Å². The molecule has 31 heavy (non-hydrogen) atoms. The molecule has 164 valence electrons. The summed E-state index contributed by atoms with van der Waals surface area (Å²) in [5.41, 5.74) is 2.57. The first-order chi connectivity index (χ1) is 14.9. The number of rotatable bonds is 7. The lowest BCUT2D eigenvalue weighted by Gasteiger charge is -2.28. The van der Waals surface area contributed by atoms with Gasteiger partial charge in [0.1, 0.15) is 0 Å². The maximum atomic E-state index is 12.9. The zero-order valence-corrected chi connectivity index (χ0v) is 18.4. The van der Waals surface area contributed by atoms with E-state index in [9.17, 15) is 9.59 Å². The zero-order valence-electron chi connectivity index (χ0n) is 18.4. The van der Waals surface area contributed by atoms with Gasteiger partial charge in [-0.15, -0.1) is 0 Å². The third kappa shape index (κ3) is 5.70. The minimum atomic E-state index is -0.190. The fourth-order valence-electron chi connectivity index (χ4n) is 3.63. The Balaban J connectivity index is 1.67. The number of morpholine rings is 1. The molecule has 1 fully saturated rings. The van der Waals surface area contributed by atoms with Gasteiger partial charge in [0, 0.05) is 43.4 Å². The number of hydrogen-bond donors (Lipinski definition) is 1. The molecule has 0 atom stereocenters. The van der Waals surface area contributed by atoms with Crippen LogP contribution in [0.5, 0.6) is 0 Å². The number of anilines is 1. The predicted octanol–water partition coefficient (Wildman–Crippen LogP) is 2.16. The van der Waals surface area contributed by atoms with Crippen molar-refractivity contribution >= 4 is 11.9 Å². The molecule has 1 aromatic carbocycles. The van der Waals surface area contributed by atoms with Gasteiger partial charge in [-0.25, -0.2) is 4.98 Å². The lowest BCUT2D eigenvalue weighted by atomic mass is 10.1. The van der Waals surface area contributed by atoms with Crippen molar-refractivity contribution in [3.8, 4) is 6.07 Å². The van der Waals surface area contributed by atoms with Gasteiger partial charge >= 0.3 is 0 Å². The molecule has 8 heteroatoms. The number of aromatic nitrogens is 2. The smallest absolute Gasteiger partial charge is 0.255 e. The maximum absolute atomic E-state index is 12.9. The van der Waals surface area contributed by atoms with Gasteiger partial charge in [0.05, 0.1) is 24.8 Å². The third-order valence-electron chi connectivity index (χ3n) is 5.49. The van der Waals surface area contributed by atoms with E-state index in [1.54, 1.807) is 17.0 Å². The third-order valence-corrected chi connectivity index (χ3v) is 5.49. The monoisotopic (exact) mass is 423 g/mol. The number of benzene rings is 1. The molecule has 8 nitrogen and oxygen atoms in total. The van der Waals surface area contributed by atoms with Gasteiger partial charge in [-0.3, -0.25) is 14.6 Å². The van der Waals surface area contributed by atoms with Gasteiger partial charge in [0.25, 0.3) is 5.56 Å². The average Bonchev–Trinajstić information content (AvgIpc) is 2.77. The highest BCUT2D eigenvalue weighted by Gasteiger charge is 2.20. The normalized spacial score (nSPS) is 13.8. The highest BCUT2D eigenvalue weighted by molar-refractivity contribution is 5.76. The molecule has 2 aromatic rings. The summed E-state index contributed by atoms with van der Waals surface area (Å²) in [6.45, 7) is 8.84. The Hall–Kier alpha value is -3.18. The second-order valence-corrected chi connectivity index (χ2v) is 7.98. The number of aromatic amines is 1. The van der Waals surface area contributed by atoms with E-state index >= 15 is 0 Å². The molecule has 1 saturated heterocycles. The molecule has 3 rings (SSSR count). The molecule has 1 aromatic heterocycles. The number of ether oxygens (including phenoxy) is 1. The predicted molar refractivity (Wildman–Crippen MR) is 118 cm³/mol. The fourth-order valence-corrected chi connectivity index (χ4v) is 3.63. The van der Waals surface area contributed by atoms with Crippen LogP contribution in [0.1, 0.15) is 42.7 Å². The summed E-state index contributed by atoms with van der Waals surface area (Å²) in [5.74, 6) is 0.543. The molecule has 1 N–H and O–H groups in total. The Labute approximate surface area is 182 Å². The minimum Gasteiger partial charge on any atom is -0.378 e. The number of nitrogens with zero attached hydrogens (tertiary/aromatic N) is 4. The molecule has 0 spiro atoms. The van der Waals surface area contributed by atoms with Crippen LogP contribution in [0.3, 0.4) is 0 Å². The Morgan fingerprint density at radius 3 is 2.55 bits per heavy atom. The van der Waals surface area contributed by atoms with E-state index in [1.807, 2.05) is 37.8 Å². The first kappa shape index (κ1) is 22.5. The van der Waals surface area contributed by atoms with E-state index in [0.29, 0.717) is 62.0 Å². The Bertz CT molecular complexity index is 1000. The molecule has 0 unspecified atom stereocenters. The number of hydrogen-bond acceptors (Lipinski definition) is 6. The van der Waals surface area contributed by atoms with Crippen LogP contribution in [0.2, 0.25) is 0 Å². The van der Waals surface area contributed by atoms with Crippen molar-refractivity contribution in [3.63, 3.8) is 0 Å². The molecular formula is C23H29N5O3. The van der Waals surface area contributed by atoms with Gasteiger partial charge in [0.15, 0.2) is 0 Å². The lowest BCUT2D eigenvalue weighted by Crippen LogP contribution is -2.39. The first-order valence-electron chi connectivity index (χ1n) is 10.6. The lowest BCUT2D eigenvalue weighted by molar-refractivity contribution is -0.133. The van der Waals surface area contributed by atoms with Crippen molar-refractivity contribution in [3.05, 3.63) is 57.0 Å². The van der Waals surface area contributed by atoms with Crippen molar-refractivity contribution in [2.75, 3.05) is 31.2 Å². The number of amides is 1. The molecule has 0 bridgehead atoms. The summed E-state index contributed by atoms with van der Waals surface area (Å²) < 4.78 is 5.35. The first-order valence-corrected chi connectivity index (χ1v) is 10.6. The van der Waals surface area contributed by atoms with Crippen LogP contribution in [0.4, 0.5) is 5.95 Å². The molecule has 0 aliphatic carbocycles. The van der Waals surface area contributed by atoms with Gasteiger partial charge in [-0.05, 0) is 44.9 Å². The van der Waals surface area contributed by atoms with Gasteiger partial charge in [-0.2, -0.15) is 5.26 Å². The summed E-state index contributed by atoms with van der Waals surface area (Å²) in [4.78, 5) is 36.8. The zero-order chi connectivity index (χ0) is 22.4. The summed E-state index contributed by atoms with van der Waals surface area (Å²) in [7, 11) is 0. The van der Waals surface area contributed by atoms with E-state index in [1.165, 1.54) is 0 Å². The Morgan fingerprint density at radius 1 is 1.29 bits per heavy atom. The molecular weight excluding hydrogens is 394 g/mol. The van der Waals surface area contributed by atoms with Crippen molar-refractivity contribution in [2.24, 2.45) is 0 Å². The molecule has 1 aliphatic heterocycles. The second kappa shape index (κ2) is 10.2. The van der Waals surface area contributed by atoms with Gasteiger partial charge < -0.3 is 14.5 Å². The standard InChI is InChI=1S/C23H29N5O3/c1-16(2)28(15-19-6-4-18(14-24)5-7-19)21(29)9-8-20-17(3)25-23(26-22(20)30)27-10-12-31-13-11-27/h4-7,16H,8-13,15H2,1-3H3,(H,25,26,30). The van der Waals surface area contributed by atoms with Crippen LogP contribution in [-0.4, -0.2) is 53.1 Å². The van der Waals surface area contributed by atoms with Gasteiger partial charge in [0.2, 0.25) is 11.9 Å². The highest BCUT2D eigenvalue weighted by Crippen LogP contribution is 2.15. The number of aryl methyl sites for hydroxylation is 1. The molecule has 1 aliphatic rings. The molecule has 0 saturated carbocycles. The SMILES string of the molecule is Cc1nc(N2CCOCC2)[nH]c(=O)c1CCC(=O)N(Cc1ccc(C#N)cc1)C(C)C. The van der Waals surface area contributed by atoms with Crippen LogP contribution < -0.4 is 10.5 Å². The number of carbonyl (C=O) groups excluding carboxylic acids is 1. The van der Waals surface area contributed by atoms with Crippen LogP contribution in [0, 0.1) is 18.3 Å². The van der Waals surface area contributed by atoms with Crippen molar-refractivity contribution in [1.82, 2.24) is 14.9 Å². The van der Waals surface area contributed by atoms with Crippen molar-refractivity contribution < 1.29 is 9.53 Å². The number of carbonyl (C=O) groups is 1. The number of nitrogens with one attached hydrogen (secondary N) is 1. The highest BCUT2D eigenvalue weighted by atomic mass is 16.5. The van der Waals surface area contributed by atoms with E-state index in [0.717, 1.165) is 5.56 Å². The van der Waals surface area contributed by atoms with Crippen LogP contribution in [0.15, 0.2) is 29.1 Å². The van der Waals surface area contributed by atoms with Crippen molar-refractivity contribution in [2.45, 2.75) is 46.2 Å². The molecule has 1 amide bonds. The van der Waals surface area contributed by atoms with E-state index in [-0.39, 0.29) is 23.9 Å². The summed E-state index contributed by atoms with van der Waals surface area (Å²) in [5, 5.41) is 8.95. The Morgan fingerprint density at radius 2 is 1.97 bits per heavy atom. The van der Waals surface area contributed by atoms with Crippen LogP contribution in [-0.2, 0) is 22.5 Å². The Kier molecular flexibility index (Phi) is 7.42. The van der Waals surface area contributed by atoms with Crippen molar-refractivity contribution in [1.29, 1.82) is 5.26 Å². The number of nitriles is 1. The topological polar surface area (TPSA) is 102 Å². The second-order valence-electron chi connectivity index (χ2n) is 7.98. The summed E-state index contributed by atoms with van der Waals surface area (Å²) in [6.07, 6.45) is 0.573. The van der Waals surface area contributed by atoms with E-state index < -0.39 is 0 Å². The number of H-pyrrole nitrogens is 1. The summed E-state index contributed by atoms with van der Waals surface area (Å²) in [6, 6.07) is 9.35. The van der Waals surface area contributed by atoms with Crippen LogP contribution >= 0.6 is 0 Å². The molecule has 2 heterocycles. The maximum Gasteiger partial charge on any atom is 0.255 e. The molecule has 0 radical (unpaired) electrons. The fraction of sp³-hybridized carbons (Fsp3) is 0.478. The minimum absolute atomic E-state index is 0.0179. The van der Waals surface area contributed by atoms with Crippen LogP contribution in [0.25, 0.3) is 0 Å². The van der Waals surface area contributed by atoms with E-state index in [4.69, 9.17) is 10.00 Å². The summed E-state index contributed by atoms with van der Waals surface area (Å²) >= 11 is 0. The largest absolute Gasteiger partial charge is 0.378 e.